The number of unbranched alkanes of at least 4 members (excludes halogenated alkanes) is 10. The highest BCUT2D eigenvalue weighted by Crippen LogP contribution is 2.17. The summed E-state index contributed by atoms with van der Waals surface area (Å²) in [5.74, 6) is -0.00308. The van der Waals surface area contributed by atoms with E-state index in [2.05, 4.69) is 26.0 Å². The zero-order chi connectivity index (χ0) is 22.4. The van der Waals surface area contributed by atoms with Crippen LogP contribution in [-0.4, -0.2) is 18.7 Å². The molecule has 0 bridgehead atoms. The average Bonchev–Trinajstić information content (AvgIpc) is 2.78. The fraction of sp³-hybridized carbons (Fsp3) is 0.750. The van der Waals surface area contributed by atoms with Crippen LogP contribution in [0.2, 0.25) is 0 Å². The maximum atomic E-state index is 12.3. The van der Waals surface area contributed by atoms with E-state index in [9.17, 15) is 4.79 Å². The fourth-order valence-electron chi connectivity index (χ4n) is 3.87. The zero-order valence-corrected chi connectivity index (χ0v) is 20.4. The second kappa shape index (κ2) is 20.5. The van der Waals surface area contributed by atoms with Crippen LogP contribution in [0.1, 0.15) is 122 Å². The van der Waals surface area contributed by atoms with Gasteiger partial charge in [-0.1, -0.05) is 102 Å². The molecule has 0 amide bonds. The molecule has 1 unspecified atom stereocenters. The molecule has 1 atom stereocenters. The van der Waals surface area contributed by atoms with Gasteiger partial charge in [0, 0.05) is 13.0 Å². The monoisotopic (exact) mass is 432 g/mol. The van der Waals surface area contributed by atoms with Crippen molar-refractivity contribution in [1.82, 2.24) is 0 Å². The van der Waals surface area contributed by atoms with Crippen LogP contribution in [0.3, 0.4) is 0 Å². The smallest absolute Gasteiger partial charge is 0.306 e. The molecule has 1 aromatic rings. The normalized spacial score (nSPS) is 12.1. The van der Waals surface area contributed by atoms with Gasteiger partial charge < -0.3 is 9.47 Å². The standard InChI is InChI=1S/C28H48O3/c1-3-5-7-9-10-16-22-27(21-15-8-6-4-2)31-28(29)23-17-12-18-24-30-25-26-19-13-11-14-20-26/h11,13-14,19-20,27H,3-10,12,15-18,21-25H2,1-2H3. The average molecular weight is 433 g/mol. The Balaban J connectivity index is 2.12. The Morgan fingerprint density at radius 2 is 1.32 bits per heavy atom. The summed E-state index contributed by atoms with van der Waals surface area (Å²) in [5, 5.41) is 0. The van der Waals surface area contributed by atoms with Crippen molar-refractivity contribution < 1.29 is 14.3 Å². The lowest BCUT2D eigenvalue weighted by Gasteiger charge is -2.18. The molecule has 1 rings (SSSR count). The van der Waals surface area contributed by atoms with E-state index in [0.29, 0.717) is 13.0 Å². The molecular weight excluding hydrogens is 384 g/mol. The van der Waals surface area contributed by atoms with E-state index in [1.54, 1.807) is 0 Å². The van der Waals surface area contributed by atoms with Gasteiger partial charge in [-0.25, -0.2) is 0 Å². The van der Waals surface area contributed by atoms with Gasteiger partial charge in [0.05, 0.1) is 6.61 Å². The first kappa shape index (κ1) is 27.7. The minimum absolute atomic E-state index is 0.00308. The third-order valence-electron chi connectivity index (χ3n) is 5.84. The predicted octanol–water partition coefficient (Wildman–Crippen LogP) is 8.40. The van der Waals surface area contributed by atoms with Crippen molar-refractivity contribution in [1.29, 1.82) is 0 Å². The van der Waals surface area contributed by atoms with Gasteiger partial charge in [-0.15, -0.1) is 0 Å². The number of carbonyl (C=O) groups is 1. The molecule has 0 fully saturated rings. The molecule has 0 radical (unpaired) electrons. The minimum atomic E-state index is -0.00308. The number of rotatable bonds is 21. The molecule has 0 spiro atoms. The van der Waals surface area contributed by atoms with Crippen LogP contribution in [0, 0.1) is 0 Å². The van der Waals surface area contributed by atoms with Gasteiger partial charge in [0.15, 0.2) is 0 Å². The summed E-state index contributed by atoms with van der Waals surface area (Å²) in [4.78, 5) is 12.3. The van der Waals surface area contributed by atoms with E-state index in [1.165, 1.54) is 69.8 Å². The lowest BCUT2D eigenvalue weighted by atomic mass is 10.0. The van der Waals surface area contributed by atoms with Gasteiger partial charge in [0.25, 0.3) is 0 Å². The molecule has 31 heavy (non-hydrogen) atoms. The molecule has 0 aromatic heterocycles. The highest BCUT2D eigenvalue weighted by Gasteiger charge is 2.14. The fourth-order valence-corrected chi connectivity index (χ4v) is 3.87. The third-order valence-corrected chi connectivity index (χ3v) is 5.84. The lowest BCUT2D eigenvalue weighted by molar-refractivity contribution is -0.150. The predicted molar refractivity (Wildman–Crippen MR) is 131 cm³/mol. The Kier molecular flexibility index (Phi) is 18.3. The largest absolute Gasteiger partial charge is 0.462 e. The Labute approximate surface area is 192 Å². The van der Waals surface area contributed by atoms with Gasteiger partial charge in [-0.05, 0) is 44.1 Å². The van der Waals surface area contributed by atoms with Gasteiger partial charge in [0.2, 0.25) is 0 Å². The Morgan fingerprint density at radius 1 is 0.742 bits per heavy atom. The van der Waals surface area contributed by atoms with Crippen LogP contribution in [0.4, 0.5) is 0 Å². The molecule has 3 heteroatoms. The van der Waals surface area contributed by atoms with Crippen molar-refractivity contribution >= 4 is 5.97 Å². The summed E-state index contributed by atoms with van der Waals surface area (Å²) in [6, 6.07) is 10.3. The number of hydrogen-bond donors (Lipinski definition) is 0. The van der Waals surface area contributed by atoms with Crippen LogP contribution < -0.4 is 0 Å². The highest BCUT2D eigenvalue weighted by molar-refractivity contribution is 5.69. The highest BCUT2D eigenvalue weighted by atomic mass is 16.5. The number of hydrogen-bond acceptors (Lipinski definition) is 3. The topological polar surface area (TPSA) is 35.5 Å². The van der Waals surface area contributed by atoms with Gasteiger partial charge in [-0.2, -0.15) is 0 Å². The first-order valence-corrected chi connectivity index (χ1v) is 13.1. The van der Waals surface area contributed by atoms with Crippen LogP contribution in [-0.2, 0) is 20.9 Å². The molecule has 178 valence electrons. The molecule has 0 heterocycles. The van der Waals surface area contributed by atoms with Crippen molar-refractivity contribution in [3.63, 3.8) is 0 Å². The summed E-state index contributed by atoms with van der Waals surface area (Å²) in [7, 11) is 0. The zero-order valence-electron chi connectivity index (χ0n) is 20.4. The summed E-state index contributed by atoms with van der Waals surface area (Å²) in [6.07, 6.45) is 18.4. The molecule has 0 saturated heterocycles. The molecule has 0 saturated carbocycles. The van der Waals surface area contributed by atoms with E-state index in [-0.39, 0.29) is 12.1 Å². The van der Waals surface area contributed by atoms with Crippen LogP contribution in [0.5, 0.6) is 0 Å². The molecule has 0 aliphatic heterocycles. The number of carbonyl (C=O) groups excluding carboxylic acids is 1. The summed E-state index contributed by atoms with van der Waals surface area (Å²) in [5.41, 5.74) is 1.21. The summed E-state index contributed by atoms with van der Waals surface area (Å²) in [6.45, 7) is 5.91. The quantitative estimate of drug-likeness (QED) is 0.144. The van der Waals surface area contributed by atoms with E-state index >= 15 is 0 Å². The van der Waals surface area contributed by atoms with E-state index in [4.69, 9.17) is 9.47 Å². The van der Waals surface area contributed by atoms with Crippen molar-refractivity contribution in [2.24, 2.45) is 0 Å². The van der Waals surface area contributed by atoms with Gasteiger partial charge in [-0.3, -0.25) is 4.79 Å². The molecule has 3 nitrogen and oxygen atoms in total. The summed E-state index contributed by atoms with van der Waals surface area (Å²) >= 11 is 0. The van der Waals surface area contributed by atoms with Crippen molar-refractivity contribution in [3.8, 4) is 0 Å². The maximum Gasteiger partial charge on any atom is 0.306 e. The lowest BCUT2D eigenvalue weighted by Crippen LogP contribution is -2.18. The second-order valence-corrected chi connectivity index (χ2v) is 8.87. The van der Waals surface area contributed by atoms with Gasteiger partial charge >= 0.3 is 5.97 Å². The molecule has 0 N–H and O–H groups in total. The van der Waals surface area contributed by atoms with E-state index in [0.717, 1.165) is 38.7 Å². The first-order valence-electron chi connectivity index (χ1n) is 13.1. The maximum absolute atomic E-state index is 12.3. The van der Waals surface area contributed by atoms with Crippen LogP contribution >= 0.6 is 0 Å². The SMILES string of the molecule is CCCCCCCCC(CCCCCC)OC(=O)CCCCCOCc1ccccc1. The van der Waals surface area contributed by atoms with Crippen molar-refractivity contribution in [3.05, 3.63) is 35.9 Å². The number of esters is 1. The number of benzene rings is 1. The number of ether oxygens (including phenoxy) is 2. The molecule has 0 aliphatic rings. The second-order valence-electron chi connectivity index (χ2n) is 8.87. The molecule has 0 aliphatic carbocycles. The van der Waals surface area contributed by atoms with Crippen molar-refractivity contribution in [2.45, 2.75) is 129 Å². The van der Waals surface area contributed by atoms with Crippen LogP contribution in [0.15, 0.2) is 30.3 Å². The van der Waals surface area contributed by atoms with Crippen molar-refractivity contribution in [2.75, 3.05) is 6.61 Å². The Bertz CT molecular complexity index is 514. The van der Waals surface area contributed by atoms with E-state index < -0.39 is 0 Å². The summed E-state index contributed by atoms with van der Waals surface area (Å²) < 4.78 is 11.6. The molecule has 1 aromatic carbocycles. The molecular formula is C28H48O3. The minimum Gasteiger partial charge on any atom is -0.462 e. The van der Waals surface area contributed by atoms with Crippen LogP contribution in [0.25, 0.3) is 0 Å². The Morgan fingerprint density at radius 3 is 2.00 bits per heavy atom. The van der Waals surface area contributed by atoms with Gasteiger partial charge in [0.1, 0.15) is 6.10 Å². The first-order chi connectivity index (χ1) is 15.3. The van der Waals surface area contributed by atoms with E-state index in [1.807, 2.05) is 18.2 Å². The third kappa shape index (κ3) is 16.9. The Hall–Kier alpha value is -1.35.